The maximum atomic E-state index is 12.6. The quantitative estimate of drug-likeness (QED) is 0.390. The molecule has 26 heavy (non-hydrogen) atoms. The summed E-state index contributed by atoms with van der Waals surface area (Å²) < 4.78 is 2.39. The molecule has 6 heteroatoms. The van der Waals surface area contributed by atoms with E-state index in [0.717, 1.165) is 36.9 Å². The van der Waals surface area contributed by atoms with Crippen LogP contribution in [0, 0.1) is 6.92 Å². The van der Waals surface area contributed by atoms with Gasteiger partial charge in [0.05, 0.1) is 10.2 Å². The molecular formula is C20H18Br3NO2. The maximum Gasteiger partial charge on any atom is 0.256 e. The number of fused-ring (bicyclic) bond motifs is 1. The van der Waals surface area contributed by atoms with Crippen molar-refractivity contribution in [3.8, 4) is 5.75 Å². The molecule has 1 aliphatic rings. The molecule has 0 radical (unpaired) electrons. The highest BCUT2D eigenvalue weighted by atomic mass is 79.9. The summed E-state index contributed by atoms with van der Waals surface area (Å²) in [7, 11) is 0. The average Bonchev–Trinajstić information content (AvgIpc) is 2.85. The van der Waals surface area contributed by atoms with Crippen LogP contribution < -0.4 is 5.32 Å². The predicted molar refractivity (Wildman–Crippen MR) is 118 cm³/mol. The normalized spacial score (nSPS) is 15.3. The number of benzene rings is 2. The number of nitrogens with one attached hydrogen (secondary N) is 1. The molecule has 0 atom stereocenters. The highest BCUT2D eigenvalue weighted by molar-refractivity contribution is 9.11. The molecule has 3 rings (SSSR count). The van der Waals surface area contributed by atoms with E-state index in [1.54, 1.807) is 0 Å². The van der Waals surface area contributed by atoms with Crippen LogP contribution in [0.4, 0.5) is 5.69 Å². The predicted octanol–water partition coefficient (Wildman–Crippen LogP) is 6.78. The van der Waals surface area contributed by atoms with Crippen LogP contribution in [0.2, 0.25) is 0 Å². The zero-order chi connectivity index (χ0) is 19.4. The summed E-state index contributed by atoms with van der Waals surface area (Å²) in [4.78, 5) is 12.6. The van der Waals surface area contributed by atoms with E-state index in [2.05, 4.69) is 53.1 Å². The Kier molecular flexibility index (Phi) is 5.14. The fourth-order valence-corrected chi connectivity index (χ4v) is 4.79. The first kappa shape index (κ1) is 19.6. The first-order valence-corrected chi connectivity index (χ1v) is 10.4. The van der Waals surface area contributed by atoms with Crippen LogP contribution in [0.3, 0.4) is 0 Å². The number of carbonyl (C=O) groups is 1. The van der Waals surface area contributed by atoms with E-state index in [4.69, 9.17) is 0 Å². The number of phenolic OH excluding ortho intramolecular Hbond substituents is 1. The van der Waals surface area contributed by atoms with Gasteiger partial charge >= 0.3 is 0 Å². The van der Waals surface area contributed by atoms with Crippen LogP contribution in [-0.4, -0.2) is 11.0 Å². The van der Waals surface area contributed by atoms with Gasteiger partial charge < -0.3 is 10.4 Å². The molecule has 1 heterocycles. The minimum absolute atomic E-state index is 0.136. The van der Waals surface area contributed by atoms with Gasteiger partial charge in [0.25, 0.3) is 5.91 Å². The van der Waals surface area contributed by atoms with Crippen molar-refractivity contribution in [2.75, 3.05) is 5.32 Å². The van der Waals surface area contributed by atoms with Crippen LogP contribution in [0.5, 0.6) is 5.75 Å². The highest BCUT2D eigenvalue weighted by Crippen LogP contribution is 2.44. The summed E-state index contributed by atoms with van der Waals surface area (Å²) in [5.41, 5.74) is 4.74. The van der Waals surface area contributed by atoms with E-state index in [9.17, 15) is 9.90 Å². The van der Waals surface area contributed by atoms with E-state index < -0.39 is 0 Å². The Hall–Kier alpha value is -1.11. The molecule has 2 aromatic rings. The molecule has 0 spiro atoms. The standard InChI is InChI=1S/C20H18Br3NO2/c1-9-13(21)8-14(22)17-16(9)11(19(26)24-17)5-10-6-12(20(2,3)4)18(25)15(23)7-10/h5-8,25H,1-4H3,(H,24,26). The first-order valence-electron chi connectivity index (χ1n) is 8.05. The van der Waals surface area contributed by atoms with Gasteiger partial charge in [0.1, 0.15) is 5.75 Å². The smallest absolute Gasteiger partial charge is 0.256 e. The van der Waals surface area contributed by atoms with E-state index in [1.165, 1.54) is 0 Å². The number of halogens is 3. The minimum atomic E-state index is -0.223. The van der Waals surface area contributed by atoms with Gasteiger partial charge in [-0.1, -0.05) is 36.7 Å². The summed E-state index contributed by atoms with van der Waals surface area (Å²) in [5, 5.41) is 13.3. The first-order chi connectivity index (χ1) is 12.0. The van der Waals surface area contributed by atoms with Crippen molar-refractivity contribution >= 4 is 71.0 Å². The largest absolute Gasteiger partial charge is 0.506 e. The van der Waals surface area contributed by atoms with Crippen molar-refractivity contribution in [2.45, 2.75) is 33.1 Å². The molecule has 2 N–H and O–H groups in total. The average molecular weight is 544 g/mol. The Morgan fingerprint density at radius 2 is 1.69 bits per heavy atom. The Bertz CT molecular complexity index is 972. The molecule has 136 valence electrons. The van der Waals surface area contributed by atoms with Crippen molar-refractivity contribution in [3.05, 3.63) is 53.9 Å². The Morgan fingerprint density at radius 3 is 2.31 bits per heavy atom. The third-order valence-corrected chi connectivity index (χ3v) is 6.49. The highest BCUT2D eigenvalue weighted by Gasteiger charge is 2.29. The Labute approximate surface area is 178 Å². The van der Waals surface area contributed by atoms with Gasteiger partial charge in [0.2, 0.25) is 0 Å². The van der Waals surface area contributed by atoms with Crippen LogP contribution in [0.1, 0.15) is 43.0 Å². The maximum absolute atomic E-state index is 12.6. The third kappa shape index (κ3) is 3.39. The van der Waals surface area contributed by atoms with Crippen molar-refractivity contribution in [1.29, 1.82) is 0 Å². The molecule has 0 fully saturated rings. The number of carbonyl (C=O) groups excluding carboxylic acids is 1. The van der Waals surface area contributed by atoms with Crippen LogP contribution in [0.15, 0.2) is 31.6 Å². The molecule has 0 saturated heterocycles. The summed E-state index contributed by atoms with van der Waals surface area (Å²) in [5.74, 6) is 0.0981. The lowest BCUT2D eigenvalue weighted by Gasteiger charge is -2.22. The number of hydrogen-bond acceptors (Lipinski definition) is 2. The van der Waals surface area contributed by atoms with Crippen molar-refractivity contribution in [1.82, 2.24) is 0 Å². The number of phenols is 1. The molecule has 1 aliphatic heterocycles. The topological polar surface area (TPSA) is 49.3 Å². The third-order valence-electron chi connectivity index (χ3n) is 4.43. The molecule has 0 aliphatic carbocycles. The number of anilines is 1. The van der Waals surface area contributed by atoms with Gasteiger partial charge in [-0.05, 0) is 79.6 Å². The molecule has 0 aromatic heterocycles. The van der Waals surface area contributed by atoms with Gasteiger partial charge in [0, 0.05) is 25.6 Å². The fraction of sp³-hybridized carbons (Fsp3) is 0.250. The molecule has 0 saturated carbocycles. The van der Waals surface area contributed by atoms with Gasteiger partial charge in [-0.15, -0.1) is 0 Å². The zero-order valence-electron chi connectivity index (χ0n) is 14.8. The summed E-state index contributed by atoms with van der Waals surface area (Å²) in [6.07, 6.45) is 1.87. The number of rotatable bonds is 1. The Morgan fingerprint density at radius 1 is 1.04 bits per heavy atom. The van der Waals surface area contributed by atoms with Gasteiger partial charge in [-0.2, -0.15) is 0 Å². The zero-order valence-corrected chi connectivity index (χ0v) is 19.6. The van der Waals surface area contributed by atoms with Crippen molar-refractivity contribution in [3.63, 3.8) is 0 Å². The molecule has 0 unspecified atom stereocenters. The van der Waals surface area contributed by atoms with Gasteiger partial charge in [0.15, 0.2) is 0 Å². The van der Waals surface area contributed by atoms with Crippen LogP contribution >= 0.6 is 47.8 Å². The fourth-order valence-electron chi connectivity index (χ4n) is 3.05. The lowest BCUT2D eigenvalue weighted by Crippen LogP contribution is -2.12. The summed E-state index contributed by atoms with van der Waals surface area (Å²) in [6.45, 7) is 8.11. The van der Waals surface area contributed by atoms with E-state index in [0.29, 0.717) is 10.0 Å². The minimum Gasteiger partial charge on any atom is -0.506 e. The SMILES string of the molecule is Cc1c(Br)cc(Br)c2c1C(=Cc1cc(Br)c(O)c(C(C)(C)C)c1)C(=O)N2. The monoisotopic (exact) mass is 541 g/mol. The van der Waals surface area contributed by atoms with E-state index in [1.807, 2.05) is 52.0 Å². The molecule has 0 bridgehead atoms. The van der Waals surface area contributed by atoms with Crippen molar-refractivity contribution < 1.29 is 9.90 Å². The Balaban J connectivity index is 2.23. The second kappa shape index (κ2) is 6.80. The van der Waals surface area contributed by atoms with Gasteiger partial charge in [-0.3, -0.25) is 4.79 Å². The van der Waals surface area contributed by atoms with E-state index >= 15 is 0 Å². The molecular weight excluding hydrogens is 526 g/mol. The molecule has 1 amide bonds. The second-order valence-corrected chi connectivity index (χ2v) is 9.94. The molecule has 2 aromatic carbocycles. The summed E-state index contributed by atoms with van der Waals surface area (Å²) >= 11 is 10.5. The van der Waals surface area contributed by atoms with Crippen molar-refractivity contribution in [2.24, 2.45) is 0 Å². The summed E-state index contributed by atoms with van der Waals surface area (Å²) in [6, 6.07) is 5.69. The lowest BCUT2D eigenvalue weighted by atomic mass is 9.85. The van der Waals surface area contributed by atoms with Crippen LogP contribution in [-0.2, 0) is 10.2 Å². The second-order valence-electron chi connectivity index (χ2n) is 7.38. The lowest BCUT2D eigenvalue weighted by molar-refractivity contribution is -0.110. The molecule has 3 nitrogen and oxygen atoms in total. The number of hydrogen-bond donors (Lipinski definition) is 2. The van der Waals surface area contributed by atoms with Crippen LogP contribution in [0.25, 0.3) is 11.6 Å². The number of aromatic hydroxyl groups is 1. The van der Waals surface area contributed by atoms with Gasteiger partial charge in [-0.25, -0.2) is 0 Å². The van der Waals surface area contributed by atoms with E-state index in [-0.39, 0.29) is 17.1 Å². The number of amides is 1.